The monoisotopic (exact) mass is 305 g/mol. The minimum Gasteiger partial charge on any atom is -0.394 e. The molecule has 0 saturated heterocycles. The molecular weight excluding hydrogens is 270 g/mol. The van der Waals surface area contributed by atoms with Crippen LogP contribution in [0.4, 0.5) is 0 Å². The summed E-state index contributed by atoms with van der Waals surface area (Å²) in [5, 5.41) is 37.8. The highest BCUT2D eigenvalue weighted by Crippen LogP contribution is 2.34. The predicted molar refractivity (Wildman–Crippen MR) is 85.1 cm³/mol. The normalized spacial score (nSPS) is 17.9. The van der Waals surface area contributed by atoms with Gasteiger partial charge in [-0.3, -0.25) is 4.90 Å². The zero-order chi connectivity index (χ0) is 16.8. The van der Waals surface area contributed by atoms with Gasteiger partial charge in [0.25, 0.3) is 0 Å². The van der Waals surface area contributed by atoms with Gasteiger partial charge in [0, 0.05) is 19.1 Å². The summed E-state index contributed by atoms with van der Waals surface area (Å²) in [6.45, 7) is 12.8. The number of hydrogen-bond donors (Lipinski definition) is 4. The van der Waals surface area contributed by atoms with Gasteiger partial charge in [-0.25, -0.2) is 0 Å². The van der Waals surface area contributed by atoms with Crippen LogP contribution < -0.4 is 0 Å². The van der Waals surface area contributed by atoms with E-state index in [1.54, 1.807) is 0 Å². The quantitative estimate of drug-likeness (QED) is 0.534. The summed E-state index contributed by atoms with van der Waals surface area (Å²) >= 11 is 0. The largest absolute Gasteiger partial charge is 0.394 e. The molecule has 0 spiro atoms. The summed E-state index contributed by atoms with van der Waals surface area (Å²) in [5.74, 6) is 0. The third kappa shape index (κ3) is 8.73. The first-order valence-electron chi connectivity index (χ1n) is 7.72. The van der Waals surface area contributed by atoms with E-state index < -0.39 is 12.2 Å². The molecule has 0 aromatic carbocycles. The summed E-state index contributed by atoms with van der Waals surface area (Å²) in [7, 11) is 0. The van der Waals surface area contributed by atoms with Crippen LogP contribution in [-0.2, 0) is 0 Å². The average Bonchev–Trinajstić information content (AvgIpc) is 2.32. The van der Waals surface area contributed by atoms with Crippen LogP contribution in [0, 0.1) is 10.8 Å². The number of hydrogen-bond acceptors (Lipinski definition) is 5. The second-order valence-corrected chi connectivity index (χ2v) is 8.27. The summed E-state index contributed by atoms with van der Waals surface area (Å²) < 4.78 is 0. The van der Waals surface area contributed by atoms with Crippen LogP contribution in [-0.4, -0.2) is 69.9 Å². The molecule has 0 amide bonds. The fraction of sp³-hybridized carbons (Fsp3) is 1.00. The fourth-order valence-corrected chi connectivity index (χ4v) is 2.55. The lowest BCUT2D eigenvalue weighted by molar-refractivity contribution is -0.0257. The van der Waals surface area contributed by atoms with Crippen molar-refractivity contribution in [1.29, 1.82) is 0 Å². The molecule has 0 heterocycles. The van der Waals surface area contributed by atoms with E-state index in [4.69, 9.17) is 10.2 Å². The second kappa shape index (κ2) is 8.44. The van der Waals surface area contributed by atoms with Gasteiger partial charge in [0.05, 0.1) is 25.4 Å². The van der Waals surface area contributed by atoms with Crippen molar-refractivity contribution in [3.63, 3.8) is 0 Å². The zero-order valence-electron chi connectivity index (χ0n) is 14.5. The maximum absolute atomic E-state index is 9.79. The van der Waals surface area contributed by atoms with Crippen molar-refractivity contribution < 1.29 is 20.4 Å². The van der Waals surface area contributed by atoms with Crippen LogP contribution in [0.15, 0.2) is 0 Å². The van der Waals surface area contributed by atoms with E-state index in [1.807, 2.05) is 4.90 Å². The summed E-state index contributed by atoms with van der Waals surface area (Å²) in [6.07, 6.45) is -0.797. The smallest absolute Gasteiger partial charge is 0.0897 e. The van der Waals surface area contributed by atoms with Crippen molar-refractivity contribution in [3.05, 3.63) is 0 Å². The SMILES string of the molecule is CC(C)(C)CC(N(CC(O)CO)CC(O)CO)C(C)(C)C. The molecule has 0 rings (SSSR count). The molecule has 3 unspecified atom stereocenters. The van der Waals surface area contributed by atoms with E-state index in [-0.39, 0.29) is 43.2 Å². The molecule has 0 aliphatic heterocycles. The Morgan fingerprint density at radius 3 is 1.43 bits per heavy atom. The Labute approximate surface area is 129 Å². The van der Waals surface area contributed by atoms with Gasteiger partial charge in [0.1, 0.15) is 0 Å². The molecule has 5 heteroatoms. The van der Waals surface area contributed by atoms with Crippen molar-refractivity contribution in [2.24, 2.45) is 10.8 Å². The van der Waals surface area contributed by atoms with Gasteiger partial charge >= 0.3 is 0 Å². The highest BCUT2D eigenvalue weighted by molar-refractivity contribution is 4.88. The fourth-order valence-electron chi connectivity index (χ4n) is 2.55. The first kappa shape index (κ1) is 20.8. The molecule has 21 heavy (non-hydrogen) atoms. The van der Waals surface area contributed by atoms with Gasteiger partial charge in [-0.1, -0.05) is 41.5 Å². The molecule has 128 valence electrons. The number of aliphatic hydroxyl groups excluding tert-OH is 4. The van der Waals surface area contributed by atoms with Crippen LogP contribution in [0.25, 0.3) is 0 Å². The molecule has 0 radical (unpaired) electrons. The van der Waals surface area contributed by atoms with Crippen LogP contribution in [0.2, 0.25) is 0 Å². The van der Waals surface area contributed by atoms with Crippen LogP contribution >= 0.6 is 0 Å². The lowest BCUT2D eigenvalue weighted by Crippen LogP contribution is -2.52. The van der Waals surface area contributed by atoms with Gasteiger partial charge in [0.15, 0.2) is 0 Å². The molecule has 0 aliphatic rings. The molecule has 0 aromatic heterocycles. The van der Waals surface area contributed by atoms with E-state index in [0.29, 0.717) is 0 Å². The maximum atomic E-state index is 9.79. The van der Waals surface area contributed by atoms with E-state index in [0.717, 1.165) is 6.42 Å². The minimum absolute atomic E-state index is 0.0440. The van der Waals surface area contributed by atoms with Crippen molar-refractivity contribution in [2.45, 2.75) is 66.2 Å². The Morgan fingerprint density at radius 2 is 1.19 bits per heavy atom. The number of nitrogens with zero attached hydrogens (tertiary/aromatic N) is 1. The van der Waals surface area contributed by atoms with E-state index in [2.05, 4.69) is 41.5 Å². The maximum Gasteiger partial charge on any atom is 0.0897 e. The first-order valence-corrected chi connectivity index (χ1v) is 7.72. The van der Waals surface area contributed by atoms with Gasteiger partial charge in [-0.05, 0) is 17.3 Å². The van der Waals surface area contributed by atoms with Gasteiger partial charge in [-0.2, -0.15) is 0 Å². The Bertz CT molecular complexity index is 271. The average molecular weight is 305 g/mol. The number of aliphatic hydroxyl groups is 4. The molecule has 4 N–H and O–H groups in total. The second-order valence-electron chi connectivity index (χ2n) is 8.27. The van der Waals surface area contributed by atoms with E-state index in [1.165, 1.54) is 0 Å². The standard InChI is InChI=1S/C16H35NO4/c1-15(2,3)7-14(16(4,5)6)17(8-12(20)10-18)9-13(21)11-19/h12-14,18-21H,7-11H2,1-6H3. The number of rotatable bonds is 8. The Balaban J connectivity index is 5.24. The Morgan fingerprint density at radius 1 is 0.810 bits per heavy atom. The van der Waals surface area contributed by atoms with Gasteiger partial charge < -0.3 is 20.4 Å². The van der Waals surface area contributed by atoms with E-state index >= 15 is 0 Å². The van der Waals surface area contributed by atoms with Gasteiger partial charge in [-0.15, -0.1) is 0 Å². The lowest BCUT2D eigenvalue weighted by atomic mass is 9.76. The minimum atomic E-state index is -0.847. The van der Waals surface area contributed by atoms with Crippen molar-refractivity contribution in [2.75, 3.05) is 26.3 Å². The molecule has 0 aromatic rings. The topological polar surface area (TPSA) is 84.2 Å². The van der Waals surface area contributed by atoms with Crippen molar-refractivity contribution in [1.82, 2.24) is 4.90 Å². The third-order valence-electron chi connectivity index (χ3n) is 3.56. The molecule has 5 nitrogen and oxygen atoms in total. The highest BCUT2D eigenvalue weighted by atomic mass is 16.3. The molecular formula is C16H35NO4. The zero-order valence-corrected chi connectivity index (χ0v) is 14.5. The lowest BCUT2D eigenvalue weighted by Gasteiger charge is -2.44. The summed E-state index contributed by atoms with van der Waals surface area (Å²) in [4.78, 5) is 1.99. The Kier molecular flexibility index (Phi) is 8.36. The Hall–Kier alpha value is -0.200. The van der Waals surface area contributed by atoms with E-state index in [9.17, 15) is 10.2 Å². The predicted octanol–water partition coefficient (Wildman–Crippen LogP) is 0.846. The van der Waals surface area contributed by atoms with Crippen LogP contribution in [0.1, 0.15) is 48.0 Å². The molecule has 3 atom stereocenters. The highest BCUT2D eigenvalue weighted by Gasteiger charge is 2.35. The summed E-state index contributed by atoms with van der Waals surface area (Å²) in [6, 6.07) is 0.125. The molecule has 0 aliphatic carbocycles. The van der Waals surface area contributed by atoms with Gasteiger partial charge in [0.2, 0.25) is 0 Å². The van der Waals surface area contributed by atoms with Crippen LogP contribution in [0.3, 0.4) is 0 Å². The van der Waals surface area contributed by atoms with Crippen LogP contribution in [0.5, 0.6) is 0 Å². The molecule has 0 bridgehead atoms. The first-order chi connectivity index (χ1) is 9.40. The third-order valence-corrected chi connectivity index (χ3v) is 3.56. The summed E-state index contributed by atoms with van der Waals surface area (Å²) in [5.41, 5.74) is 0.0577. The molecule has 0 fully saturated rings. The van der Waals surface area contributed by atoms with Crippen molar-refractivity contribution in [3.8, 4) is 0 Å². The van der Waals surface area contributed by atoms with Crippen molar-refractivity contribution >= 4 is 0 Å². The molecule has 0 saturated carbocycles.